The monoisotopic (exact) mass is 597 g/mol. The van der Waals surface area contributed by atoms with Crippen LogP contribution in [0.4, 0.5) is 16.0 Å². The van der Waals surface area contributed by atoms with Gasteiger partial charge >= 0.3 is 5.97 Å². The highest BCUT2D eigenvalue weighted by molar-refractivity contribution is 7.22. The number of carbonyl (C=O) groups is 2. The molecule has 42 heavy (non-hydrogen) atoms. The molecular weight excluding hydrogens is 567 g/mol. The molecule has 0 unspecified atom stereocenters. The van der Waals surface area contributed by atoms with Gasteiger partial charge in [-0.2, -0.15) is 0 Å². The Morgan fingerprint density at radius 2 is 1.79 bits per heavy atom. The van der Waals surface area contributed by atoms with Crippen molar-refractivity contribution in [1.29, 1.82) is 0 Å². The molecule has 6 rings (SSSR count). The first-order chi connectivity index (χ1) is 20.4. The summed E-state index contributed by atoms with van der Waals surface area (Å²) in [6.45, 7) is 1.20. The number of hydrogen-bond donors (Lipinski definition) is 3. The largest absolute Gasteiger partial charge is 0.476 e. The molecule has 0 fully saturated rings. The van der Waals surface area contributed by atoms with Crippen molar-refractivity contribution in [3.8, 4) is 0 Å². The lowest BCUT2D eigenvalue weighted by molar-refractivity contribution is 0.0690. The van der Waals surface area contributed by atoms with Crippen LogP contribution in [0.2, 0.25) is 0 Å². The second-order valence-electron chi connectivity index (χ2n) is 10.4. The van der Waals surface area contributed by atoms with Crippen LogP contribution < -0.4 is 16.0 Å². The number of carboxylic acid groups (broad SMARTS) is 1. The molecule has 3 aromatic carbocycles. The van der Waals surface area contributed by atoms with E-state index in [0.29, 0.717) is 35.3 Å². The molecule has 0 bridgehead atoms. The van der Waals surface area contributed by atoms with Gasteiger partial charge < -0.3 is 15.7 Å². The molecule has 0 aliphatic carbocycles. The number of nitrogen functional groups attached to an aromatic ring is 1. The molecule has 8 nitrogen and oxygen atoms in total. The fourth-order valence-corrected chi connectivity index (χ4v) is 7.38. The summed E-state index contributed by atoms with van der Waals surface area (Å²) in [5.41, 5.74) is 11.5. The average molecular weight is 598 g/mol. The molecule has 10 heteroatoms. The SMILES string of the molecule is Nc1cccc(CCCCCc2sc(N3CCc4cccc(C(=O)Nc5nc6ccccc6s5)c4C3)nc2C(=O)O)c1. The Bertz CT molecular complexity index is 1730. The summed E-state index contributed by atoms with van der Waals surface area (Å²) in [5, 5.41) is 14.1. The molecule has 0 spiro atoms. The fourth-order valence-electron chi connectivity index (χ4n) is 5.40. The van der Waals surface area contributed by atoms with Crippen LogP contribution in [0.25, 0.3) is 10.2 Å². The van der Waals surface area contributed by atoms with Crippen molar-refractivity contribution < 1.29 is 14.7 Å². The van der Waals surface area contributed by atoms with Gasteiger partial charge in [-0.1, -0.05) is 54.2 Å². The molecule has 4 N–H and O–H groups in total. The molecule has 0 atom stereocenters. The summed E-state index contributed by atoms with van der Waals surface area (Å²) in [6, 6.07) is 21.6. The number of rotatable bonds is 10. The number of thiazole rings is 2. The fraction of sp³-hybridized carbons (Fsp3) is 0.250. The molecule has 0 saturated heterocycles. The summed E-state index contributed by atoms with van der Waals surface area (Å²) >= 11 is 2.90. The maximum Gasteiger partial charge on any atom is 0.355 e. The van der Waals surface area contributed by atoms with E-state index in [-0.39, 0.29) is 11.6 Å². The normalized spacial score (nSPS) is 12.8. The van der Waals surface area contributed by atoms with Crippen molar-refractivity contribution in [3.63, 3.8) is 0 Å². The van der Waals surface area contributed by atoms with Crippen LogP contribution in [0.1, 0.15) is 61.7 Å². The van der Waals surface area contributed by atoms with E-state index in [9.17, 15) is 14.7 Å². The van der Waals surface area contributed by atoms with Crippen molar-refractivity contribution >= 4 is 60.7 Å². The zero-order valence-corrected chi connectivity index (χ0v) is 24.6. The molecule has 0 radical (unpaired) electrons. The molecule has 1 aliphatic heterocycles. The highest BCUT2D eigenvalue weighted by Crippen LogP contribution is 2.33. The molecule has 2 aromatic heterocycles. The van der Waals surface area contributed by atoms with E-state index < -0.39 is 5.97 Å². The number of para-hydroxylation sites is 1. The molecule has 1 amide bonds. The van der Waals surface area contributed by atoms with Gasteiger partial charge in [0, 0.05) is 29.2 Å². The Kier molecular flexibility index (Phi) is 8.16. The molecule has 3 heterocycles. The zero-order valence-electron chi connectivity index (χ0n) is 23.0. The van der Waals surface area contributed by atoms with Crippen molar-refractivity contribution in [2.24, 2.45) is 0 Å². The third kappa shape index (κ3) is 6.14. The Hall–Kier alpha value is -4.28. The number of carbonyl (C=O) groups excluding carboxylic acids is 1. The van der Waals surface area contributed by atoms with Gasteiger partial charge in [-0.25, -0.2) is 14.8 Å². The van der Waals surface area contributed by atoms with E-state index in [0.717, 1.165) is 64.0 Å². The van der Waals surface area contributed by atoms with Crippen molar-refractivity contribution in [1.82, 2.24) is 9.97 Å². The maximum absolute atomic E-state index is 13.4. The molecule has 214 valence electrons. The van der Waals surface area contributed by atoms with E-state index in [1.54, 1.807) is 0 Å². The topological polar surface area (TPSA) is 121 Å². The molecule has 1 aliphatic rings. The average Bonchev–Trinajstić information content (AvgIpc) is 3.60. The minimum atomic E-state index is -0.999. The molecule has 5 aromatic rings. The first-order valence-corrected chi connectivity index (χ1v) is 15.7. The lowest BCUT2D eigenvalue weighted by Crippen LogP contribution is -2.32. The zero-order chi connectivity index (χ0) is 29.1. The van der Waals surface area contributed by atoms with Gasteiger partial charge in [0.1, 0.15) is 0 Å². The summed E-state index contributed by atoms with van der Waals surface area (Å²) in [6.07, 6.45) is 5.28. The minimum Gasteiger partial charge on any atom is -0.476 e. The van der Waals surface area contributed by atoms with Gasteiger partial charge in [0.15, 0.2) is 16.0 Å². The number of nitrogens with one attached hydrogen (secondary N) is 1. The maximum atomic E-state index is 13.4. The summed E-state index contributed by atoms with van der Waals surface area (Å²) in [7, 11) is 0. The van der Waals surface area contributed by atoms with E-state index in [4.69, 9.17) is 5.73 Å². The number of unbranched alkanes of at least 4 members (excludes halogenated alkanes) is 2. The summed E-state index contributed by atoms with van der Waals surface area (Å²) in [5.74, 6) is -1.20. The predicted molar refractivity (Wildman–Crippen MR) is 170 cm³/mol. The van der Waals surface area contributed by atoms with Gasteiger partial charge in [0.2, 0.25) is 0 Å². The second-order valence-corrected chi connectivity index (χ2v) is 12.5. The Labute approximate surface area is 251 Å². The number of hydrogen-bond acceptors (Lipinski definition) is 8. The Morgan fingerprint density at radius 1 is 0.952 bits per heavy atom. The third-order valence-corrected chi connectivity index (χ3v) is 9.64. The number of aromatic nitrogens is 2. The van der Waals surface area contributed by atoms with Crippen LogP contribution in [-0.2, 0) is 25.8 Å². The number of nitrogens with zero attached hydrogens (tertiary/aromatic N) is 3. The lowest BCUT2D eigenvalue weighted by atomic mass is 9.94. The minimum absolute atomic E-state index is 0.137. The number of fused-ring (bicyclic) bond motifs is 2. The standard InChI is InChI=1S/C32H31N5O3S2/c33-22-11-6-9-20(18-22)8-2-1-3-15-27-28(30(39)40)35-32(42-27)37-17-16-21-10-7-12-23(24(21)19-37)29(38)36-31-34-25-13-4-5-14-26(25)41-31/h4-7,9-14,18H,1-3,8,15-17,19,33H2,(H,39,40)(H,34,36,38). The number of benzene rings is 3. The predicted octanol–water partition coefficient (Wildman–Crippen LogP) is 6.80. The van der Waals surface area contributed by atoms with Crippen LogP contribution in [0.15, 0.2) is 66.7 Å². The van der Waals surface area contributed by atoms with E-state index in [1.807, 2.05) is 54.6 Å². The van der Waals surface area contributed by atoms with Gasteiger partial charge in [-0.05, 0) is 79.1 Å². The smallest absolute Gasteiger partial charge is 0.355 e. The second kappa shape index (κ2) is 12.3. The molecule has 0 saturated carbocycles. The number of aromatic carboxylic acids is 1. The van der Waals surface area contributed by atoms with Crippen LogP contribution in [-0.4, -0.2) is 33.5 Å². The summed E-state index contributed by atoms with van der Waals surface area (Å²) < 4.78 is 1.02. The van der Waals surface area contributed by atoms with Crippen molar-refractivity contribution in [3.05, 3.63) is 99.6 Å². The van der Waals surface area contributed by atoms with Crippen LogP contribution in [0.5, 0.6) is 0 Å². The first kappa shape index (κ1) is 27.9. The lowest BCUT2D eigenvalue weighted by Gasteiger charge is -2.29. The van der Waals surface area contributed by atoms with E-state index in [2.05, 4.69) is 32.3 Å². The van der Waals surface area contributed by atoms with E-state index in [1.165, 1.54) is 28.2 Å². The van der Waals surface area contributed by atoms with Crippen molar-refractivity contribution in [2.45, 2.75) is 45.1 Å². The van der Waals surface area contributed by atoms with E-state index >= 15 is 0 Å². The van der Waals surface area contributed by atoms with Gasteiger partial charge in [0.05, 0.1) is 10.2 Å². The van der Waals surface area contributed by atoms with Crippen LogP contribution in [0.3, 0.4) is 0 Å². The van der Waals surface area contributed by atoms with Crippen LogP contribution in [0, 0.1) is 0 Å². The number of amides is 1. The number of anilines is 3. The number of aryl methyl sites for hydroxylation is 2. The third-order valence-electron chi connectivity index (χ3n) is 7.51. The Balaban J connectivity index is 1.13. The highest BCUT2D eigenvalue weighted by atomic mass is 32.1. The van der Waals surface area contributed by atoms with Gasteiger partial charge in [-0.3, -0.25) is 10.1 Å². The highest BCUT2D eigenvalue weighted by Gasteiger charge is 2.26. The van der Waals surface area contributed by atoms with Crippen LogP contribution >= 0.6 is 22.7 Å². The van der Waals surface area contributed by atoms with Crippen molar-refractivity contribution in [2.75, 3.05) is 22.5 Å². The first-order valence-electron chi connectivity index (χ1n) is 14.0. The van der Waals surface area contributed by atoms with Gasteiger partial charge in [-0.15, -0.1) is 11.3 Å². The Morgan fingerprint density at radius 3 is 2.62 bits per heavy atom. The number of nitrogens with two attached hydrogens (primary N) is 1. The number of carboxylic acids is 1. The molecular formula is C32H31N5O3S2. The quantitative estimate of drug-likeness (QED) is 0.120. The van der Waals surface area contributed by atoms with Gasteiger partial charge in [0.25, 0.3) is 5.91 Å². The summed E-state index contributed by atoms with van der Waals surface area (Å²) in [4.78, 5) is 37.4.